The van der Waals surface area contributed by atoms with Gasteiger partial charge in [-0.1, -0.05) is 5.21 Å². The molecule has 3 aliphatic heterocycles. The van der Waals surface area contributed by atoms with Crippen LogP contribution < -0.4 is 0 Å². The van der Waals surface area contributed by atoms with Gasteiger partial charge in [-0.2, -0.15) is 0 Å². The number of aromatic nitrogens is 3. The van der Waals surface area contributed by atoms with Gasteiger partial charge in [0.1, 0.15) is 41.8 Å². The predicted molar refractivity (Wildman–Crippen MR) is 149 cm³/mol. The van der Waals surface area contributed by atoms with E-state index in [1.807, 2.05) is 0 Å². The molecule has 0 aliphatic carbocycles. The van der Waals surface area contributed by atoms with Crippen LogP contribution in [0.15, 0.2) is 18.3 Å². The minimum absolute atomic E-state index is 0.0107. The Labute approximate surface area is 257 Å². The largest absolute Gasteiger partial charge is 0.444 e. The van der Waals surface area contributed by atoms with E-state index in [0.29, 0.717) is 25.9 Å². The number of piperidine rings is 1. The van der Waals surface area contributed by atoms with Crippen LogP contribution in [0.5, 0.6) is 0 Å². The molecule has 1 unspecified atom stereocenters. The first-order chi connectivity index (χ1) is 21.3. The van der Waals surface area contributed by atoms with E-state index in [-0.39, 0.29) is 30.3 Å². The highest BCUT2D eigenvalue weighted by Gasteiger charge is 2.49. The molecule has 2 aromatic rings. The van der Waals surface area contributed by atoms with Gasteiger partial charge in [0.05, 0.1) is 25.5 Å². The second kappa shape index (κ2) is 13.1. The molecular weight excluding hydrogens is 603 g/mol. The number of hydrogen-bond donors (Lipinski definition) is 2. The molecule has 4 heterocycles. The number of hydrogen-bond acceptors (Lipinski definition) is 10. The van der Waals surface area contributed by atoms with E-state index in [9.17, 15) is 33.0 Å². The van der Waals surface area contributed by atoms with Crippen LogP contribution in [0.1, 0.15) is 46.1 Å². The van der Waals surface area contributed by atoms with Crippen molar-refractivity contribution in [2.75, 3.05) is 33.4 Å². The lowest BCUT2D eigenvalue weighted by molar-refractivity contribution is -0.217. The average molecular weight is 642 g/mol. The fraction of sp³-hybridized carbons (Fsp3) is 0.655. The highest BCUT2D eigenvalue weighted by atomic mass is 19.2. The summed E-state index contributed by atoms with van der Waals surface area (Å²) in [6.07, 6.45) is -2.93. The molecule has 16 heteroatoms. The van der Waals surface area contributed by atoms with Crippen LogP contribution in [0.3, 0.4) is 0 Å². The fourth-order valence-corrected chi connectivity index (χ4v) is 6.12. The third-order valence-electron chi connectivity index (χ3n) is 8.29. The van der Waals surface area contributed by atoms with E-state index in [1.165, 1.54) is 18.0 Å². The van der Waals surface area contributed by atoms with Crippen molar-refractivity contribution < 1.29 is 51.9 Å². The molecule has 0 saturated carbocycles. The Morgan fingerprint density at radius 1 is 1.13 bits per heavy atom. The molecule has 1 aromatic carbocycles. The van der Waals surface area contributed by atoms with Crippen LogP contribution >= 0.6 is 0 Å². The van der Waals surface area contributed by atoms with Gasteiger partial charge in [0, 0.05) is 38.2 Å². The van der Waals surface area contributed by atoms with Gasteiger partial charge in [-0.15, -0.1) is 5.10 Å². The van der Waals surface area contributed by atoms with Gasteiger partial charge in [0.15, 0.2) is 17.5 Å². The second-order valence-corrected chi connectivity index (χ2v) is 12.5. The summed E-state index contributed by atoms with van der Waals surface area (Å²) in [4.78, 5) is 28.6. The third kappa shape index (κ3) is 7.03. The van der Waals surface area contributed by atoms with Gasteiger partial charge in [-0.3, -0.25) is 0 Å². The van der Waals surface area contributed by atoms with Crippen LogP contribution in [0.4, 0.5) is 22.8 Å². The van der Waals surface area contributed by atoms with Crippen molar-refractivity contribution in [1.82, 2.24) is 24.8 Å². The van der Waals surface area contributed by atoms with E-state index < -0.39 is 78.4 Å². The number of carbonyl (C=O) groups is 2. The zero-order valence-electron chi connectivity index (χ0n) is 25.4. The zero-order chi connectivity index (χ0) is 32.6. The summed E-state index contributed by atoms with van der Waals surface area (Å²) in [6, 6.07) is 0.456. The maximum Gasteiger partial charge on any atom is 0.410 e. The van der Waals surface area contributed by atoms with Gasteiger partial charge in [0.2, 0.25) is 0 Å². The van der Waals surface area contributed by atoms with Crippen LogP contribution in [-0.2, 0) is 18.9 Å². The Morgan fingerprint density at radius 2 is 1.80 bits per heavy atom. The highest BCUT2D eigenvalue weighted by Crippen LogP contribution is 2.36. The summed E-state index contributed by atoms with van der Waals surface area (Å²) < 4.78 is 65.3. The Morgan fingerprint density at radius 3 is 2.40 bits per heavy atom. The number of ether oxygens (including phenoxy) is 4. The van der Waals surface area contributed by atoms with Gasteiger partial charge in [-0.05, 0) is 45.7 Å². The maximum atomic E-state index is 13.9. The fourth-order valence-electron chi connectivity index (χ4n) is 6.12. The van der Waals surface area contributed by atoms with Crippen molar-refractivity contribution in [2.24, 2.45) is 0 Å². The number of aliphatic hydroxyl groups is 2. The van der Waals surface area contributed by atoms with Crippen LogP contribution in [-0.4, -0.2) is 123 Å². The molecule has 13 nitrogen and oxygen atoms in total. The molecule has 3 aliphatic rings. The van der Waals surface area contributed by atoms with Gasteiger partial charge < -0.3 is 39.0 Å². The summed E-state index contributed by atoms with van der Waals surface area (Å²) in [5, 5.41) is 29.0. The van der Waals surface area contributed by atoms with E-state index in [2.05, 4.69) is 10.3 Å². The number of rotatable bonds is 7. The van der Waals surface area contributed by atoms with Crippen molar-refractivity contribution >= 4 is 12.2 Å². The van der Waals surface area contributed by atoms with E-state index >= 15 is 0 Å². The Hall–Kier alpha value is -3.47. The number of benzene rings is 1. The smallest absolute Gasteiger partial charge is 0.410 e. The van der Waals surface area contributed by atoms with E-state index in [1.54, 1.807) is 30.6 Å². The van der Waals surface area contributed by atoms with Crippen molar-refractivity contribution in [3.8, 4) is 11.3 Å². The summed E-state index contributed by atoms with van der Waals surface area (Å²) in [5.41, 5.74) is -0.669. The number of halogens is 3. The lowest BCUT2D eigenvalue weighted by Gasteiger charge is -2.44. The van der Waals surface area contributed by atoms with E-state index in [0.717, 1.165) is 12.1 Å². The predicted octanol–water partition coefficient (Wildman–Crippen LogP) is 2.65. The molecule has 0 bridgehead atoms. The molecular formula is C29H38F3N5O8. The zero-order valence-corrected chi connectivity index (χ0v) is 25.4. The first-order valence-electron chi connectivity index (χ1n) is 14.8. The van der Waals surface area contributed by atoms with Gasteiger partial charge in [-0.25, -0.2) is 27.4 Å². The summed E-state index contributed by atoms with van der Waals surface area (Å²) in [7, 11) is 1.40. The SMILES string of the molecule is CO[C@@H]1[C@@H](n2cc(-c3cc(F)c(F)c(F)c3)nn2)[C@@H](O)[C@@H](CO)O[C@@H]1CC1CN(C2CCN(C(=O)OC(C)(C)C)CC2)C(=O)O1. The van der Waals surface area contributed by atoms with Crippen molar-refractivity contribution in [1.29, 1.82) is 0 Å². The molecule has 2 N–H and O–H groups in total. The van der Waals surface area contributed by atoms with Gasteiger partial charge >= 0.3 is 12.2 Å². The van der Waals surface area contributed by atoms with Crippen molar-refractivity contribution in [3.05, 3.63) is 35.8 Å². The first kappa shape index (κ1) is 32.9. The number of nitrogens with zero attached hydrogens (tertiary/aromatic N) is 5. The quantitative estimate of drug-likeness (QED) is 0.433. The molecule has 3 fully saturated rings. The average Bonchev–Trinajstić information content (AvgIpc) is 3.62. The summed E-state index contributed by atoms with van der Waals surface area (Å²) >= 11 is 0. The summed E-state index contributed by atoms with van der Waals surface area (Å²) in [5.74, 6) is -4.40. The number of carbonyl (C=O) groups excluding carboxylic acids is 2. The molecule has 45 heavy (non-hydrogen) atoms. The third-order valence-corrected chi connectivity index (χ3v) is 8.29. The molecule has 3 saturated heterocycles. The van der Waals surface area contributed by atoms with Crippen molar-refractivity contribution in [2.45, 2.75) is 88.2 Å². The Kier molecular flexibility index (Phi) is 9.58. The minimum atomic E-state index is -1.61. The number of likely N-dealkylation sites (tertiary alicyclic amines) is 1. The lowest BCUT2D eigenvalue weighted by Crippen LogP contribution is -2.57. The van der Waals surface area contributed by atoms with Gasteiger partial charge in [0.25, 0.3) is 0 Å². The maximum absolute atomic E-state index is 13.9. The molecule has 5 rings (SSSR count). The number of cyclic esters (lactones) is 1. The number of aliphatic hydroxyl groups excluding tert-OH is 2. The topological polar surface area (TPSA) is 149 Å². The minimum Gasteiger partial charge on any atom is -0.444 e. The summed E-state index contributed by atoms with van der Waals surface area (Å²) in [6.45, 7) is 5.98. The molecule has 1 aromatic heterocycles. The Balaban J connectivity index is 1.26. The molecule has 248 valence electrons. The lowest BCUT2D eigenvalue weighted by atomic mass is 9.89. The standard InChI is InChI=1S/C29H38F3N5O8/c1-29(2,3)45-27(40)35-7-5-16(6-8-35)36-12-17(43-28(36)41)11-21-26(42-4)24(25(39)22(14-38)44-21)37-13-20(33-34-37)15-9-18(30)23(32)19(31)10-15/h9-10,13,16-17,21-22,24-26,38-39H,5-8,11-12,14H2,1-4H3/t17?,21-,22-,24+,25+,26+/m1/s1. The second-order valence-electron chi connectivity index (χ2n) is 12.5. The van der Waals surface area contributed by atoms with Crippen LogP contribution in [0, 0.1) is 17.5 Å². The monoisotopic (exact) mass is 641 g/mol. The van der Waals surface area contributed by atoms with E-state index in [4.69, 9.17) is 18.9 Å². The van der Waals surface area contributed by atoms with Crippen LogP contribution in [0.25, 0.3) is 11.3 Å². The molecule has 2 amide bonds. The molecule has 0 radical (unpaired) electrons. The number of amides is 2. The molecule has 0 spiro atoms. The first-order valence-corrected chi connectivity index (χ1v) is 14.8. The van der Waals surface area contributed by atoms with Crippen LogP contribution in [0.2, 0.25) is 0 Å². The Bertz CT molecular complexity index is 1360. The normalized spacial score (nSPS) is 28.0. The molecule has 6 atom stereocenters. The number of methoxy groups -OCH3 is 1. The highest BCUT2D eigenvalue weighted by molar-refractivity contribution is 5.71. The van der Waals surface area contributed by atoms with Crippen molar-refractivity contribution in [3.63, 3.8) is 0 Å².